The van der Waals surface area contributed by atoms with Gasteiger partial charge in [0.05, 0.1) is 6.10 Å². The molecule has 1 aromatic rings. The molecule has 0 amide bonds. The highest BCUT2D eigenvalue weighted by atomic mass is 16.3. The molecule has 2 rings (SSSR count). The minimum Gasteiger partial charge on any atom is -0.390 e. The SMILES string of the molecule is CC(CCN1CC(O)C1)c1ccccc1. The van der Waals surface area contributed by atoms with Gasteiger partial charge in [-0.25, -0.2) is 0 Å². The smallest absolute Gasteiger partial charge is 0.0793 e. The Kier molecular flexibility index (Phi) is 3.39. The van der Waals surface area contributed by atoms with E-state index in [1.807, 2.05) is 0 Å². The van der Waals surface area contributed by atoms with Crippen LogP contribution in [0.5, 0.6) is 0 Å². The fourth-order valence-electron chi connectivity index (χ4n) is 2.05. The fraction of sp³-hybridized carbons (Fsp3) is 0.538. The van der Waals surface area contributed by atoms with Crippen molar-refractivity contribution in [3.63, 3.8) is 0 Å². The molecule has 1 atom stereocenters. The van der Waals surface area contributed by atoms with Crippen LogP contribution in [-0.4, -0.2) is 35.7 Å². The fourth-order valence-corrected chi connectivity index (χ4v) is 2.05. The van der Waals surface area contributed by atoms with Gasteiger partial charge in [-0.15, -0.1) is 0 Å². The zero-order chi connectivity index (χ0) is 10.7. The second kappa shape index (κ2) is 4.77. The Hall–Kier alpha value is -0.860. The first kappa shape index (κ1) is 10.7. The van der Waals surface area contributed by atoms with E-state index in [4.69, 9.17) is 5.11 Å². The van der Waals surface area contributed by atoms with Gasteiger partial charge >= 0.3 is 0 Å². The Morgan fingerprint density at radius 1 is 1.33 bits per heavy atom. The Labute approximate surface area is 91.5 Å². The van der Waals surface area contributed by atoms with E-state index >= 15 is 0 Å². The lowest BCUT2D eigenvalue weighted by Gasteiger charge is -2.36. The summed E-state index contributed by atoms with van der Waals surface area (Å²) in [5.74, 6) is 0.615. The van der Waals surface area contributed by atoms with Crippen LogP contribution < -0.4 is 0 Å². The van der Waals surface area contributed by atoms with Gasteiger partial charge in [-0.1, -0.05) is 37.3 Å². The highest BCUT2D eigenvalue weighted by Gasteiger charge is 2.23. The molecule has 1 aliphatic heterocycles. The number of hydrogen-bond donors (Lipinski definition) is 1. The van der Waals surface area contributed by atoms with E-state index < -0.39 is 0 Å². The second-order valence-corrected chi connectivity index (χ2v) is 4.51. The molecule has 0 spiro atoms. The molecule has 0 aliphatic carbocycles. The summed E-state index contributed by atoms with van der Waals surface area (Å²) in [5, 5.41) is 9.16. The lowest BCUT2D eigenvalue weighted by molar-refractivity contribution is 0.00100. The van der Waals surface area contributed by atoms with Gasteiger partial charge in [-0.05, 0) is 24.4 Å². The first-order valence-corrected chi connectivity index (χ1v) is 5.71. The summed E-state index contributed by atoms with van der Waals surface area (Å²) in [6.45, 7) is 5.10. The standard InChI is InChI=1S/C13H19NO/c1-11(12-5-3-2-4-6-12)7-8-14-9-13(15)10-14/h2-6,11,13,15H,7-10H2,1H3. The van der Waals surface area contributed by atoms with E-state index in [9.17, 15) is 0 Å². The predicted molar refractivity (Wildman–Crippen MR) is 61.9 cm³/mol. The summed E-state index contributed by atoms with van der Waals surface area (Å²) in [6, 6.07) is 10.6. The summed E-state index contributed by atoms with van der Waals surface area (Å²) in [6.07, 6.45) is 1.11. The van der Waals surface area contributed by atoms with Crippen molar-refractivity contribution in [3.8, 4) is 0 Å². The third kappa shape index (κ3) is 2.80. The minimum absolute atomic E-state index is 0.0722. The highest BCUT2D eigenvalue weighted by Crippen LogP contribution is 2.20. The summed E-state index contributed by atoms with van der Waals surface area (Å²) >= 11 is 0. The molecule has 1 aliphatic rings. The van der Waals surface area contributed by atoms with Crippen molar-refractivity contribution in [3.05, 3.63) is 35.9 Å². The molecule has 2 heteroatoms. The molecule has 15 heavy (non-hydrogen) atoms. The zero-order valence-electron chi connectivity index (χ0n) is 9.26. The lowest BCUT2D eigenvalue weighted by atomic mass is 9.97. The Morgan fingerprint density at radius 3 is 2.60 bits per heavy atom. The number of nitrogens with zero attached hydrogens (tertiary/aromatic N) is 1. The number of β-amino-alcohol motifs (C(OH)–C–C–N with tert-alkyl or cyclic N) is 1. The molecule has 0 saturated carbocycles. The first-order chi connectivity index (χ1) is 7.25. The van der Waals surface area contributed by atoms with E-state index in [-0.39, 0.29) is 6.10 Å². The maximum absolute atomic E-state index is 9.16. The van der Waals surface area contributed by atoms with Crippen LogP contribution in [-0.2, 0) is 0 Å². The van der Waals surface area contributed by atoms with Crippen LogP contribution in [0, 0.1) is 0 Å². The molecule has 1 N–H and O–H groups in total. The van der Waals surface area contributed by atoms with E-state index in [2.05, 4.69) is 42.2 Å². The third-order valence-electron chi connectivity index (χ3n) is 3.18. The molecule has 1 saturated heterocycles. The number of likely N-dealkylation sites (tertiary alicyclic amines) is 1. The van der Waals surface area contributed by atoms with Crippen molar-refractivity contribution in [1.29, 1.82) is 0 Å². The van der Waals surface area contributed by atoms with Crippen LogP contribution in [0.1, 0.15) is 24.8 Å². The maximum atomic E-state index is 9.16. The van der Waals surface area contributed by atoms with Crippen LogP contribution in [0.25, 0.3) is 0 Å². The van der Waals surface area contributed by atoms with Crippen molar-refractivity contribution in [1.82, 2.24) is 4.90 Å². The molecule has 1 heterocycles. The first-order valence-electron chi connectivity index (χ1n) is 5.71. The van der Waals surface area contributed by atoms with Gasteiger partial charge < -0.3 is 5.11 Å². The van der Waals surface area contributed by atoms with Gasteiger partial charge in [0, 0.05) is 13.1 Å². The average Bonchev–Trinajstić information content (AvgIpc) is 2.23. The van der Waals surface area contributed by atoms with E-state index in [0.717, 1.165) is 19.6 Å². The number of rotatable bonds is 4. The number of aliphatic hydroxyl groups is 1. The van der Waals surface area contributed by atoms with Crippen LogP contribution in [0.15, 0.2) is 30.3 Å². The molecule has 0 radical (unpaired) electrons. The Balaban J connectivity index is 1.75. The molecule has 1 aromatic carbocycles. The number of hydrogen-bond acceptors (Lipinski definition) is 2. The van der Waals surface area contributed by atoms with Gasteiger partial charge in [-0.3, -0.25) is 4.90 Å². The lowest BCUT2D eigenvalue weighted by Crippen LogP contribution is -2.50. The molecule has 1 fully saturated rings. The topological polar surface area (TPSA) is 23.5 Å². The van der Waals surface area contributed by atoms with E-state index in [1.165, 1.54) is 12.0 Å². The predicted octanol–water partition coefficient (Wildman–Crippen LogP) is 1.86. The third-order valence-corrected chi connectivity index (χ3v) is 3.18. The molecule has 82 valence electrons. The zero-order valence-corrected chi connectivity index (χ0v) is 9.26. The average molecular weight is 205 g/mol. The highest BCUT2D eigenvalue weighted by molar-refractivity contribution is 5.18. The van der Waals surface area contributed by atoms with Crippen LogP contribution in [0.4, 0.5) is 0 Å². The van der Waals surface area contributed by atoms with Crippen molar-refractivity contribution in [2.75, 3.05) is 19.6 Å². The molecular weight excluding hydrogens is 186 g/mol. The summed E-state index contributed by atoms with van der Waals surface area (Å²) in [7, 11) is 0. The summed E-state index contributed by atoms with van der Waals surface area (Å²) in [5.41, 5.74) is 1.42. The molecule has 2 nitrogen and oxygen atoms in total. The second-order valence-electron chi connectivity index (χ2n) is 4.51. The summed E-state index contributed by atoms with van der Waals surface area (Å²) < 4.78 is 0. The molecule has 1 unspecified atom stereocenters. The molecule has 0 bridgehead atoms. The monoisotopic (exact) mass is 205 g/mol. The van der Waals surface area contributed by atoms with Gasteiger partial charge in [0.25, 0.3) is 0 Å². The minimum atomic E-state index is -0.0722. The van der Waals surface area contributed by atoms with Crippen LogP contribution in [0.3, 0.4) is 0 Å². The molecule has 0 aromatic heterocycles. The van der Waals surface area contributed by atoms with Crippen LogP contribution in [0.2, 0.25) is 0 Å². The van der Waals surface area contributed by atoms with Gasteiger partial charge in [0.15, 0.2) is 0 Å². The largest absolute Gasteiger partial charge is 0.390 e. The van der Waals surface area contributed by atoms with Crippen LogP contribution >= 0.6 is 0 Å². The normalized spacial score (nSPS) is 19.9. The number of benzene rings is 1. The molecular formula is C13H19NO. The van der Waals surface area contributed by atoms with Gasteiger partial charge in [0.2, 0.25) is 0 Å². The van der Waals surface area contributed by atoms with E-state index in [0.29, 0.717) is 5.92 Å². The van der Waals surface area contributed by atoms with Gasteiger partial charge in [0.1, 0.15) is 0 Å². The Bertz CT molecular complexity index is 293. The maximum Gasteiger partial charge on any atom is 0.0793 e. The van der Waals surface area contributed by atoms with E-state index in [1.54, 1.807) is 0 Å². The quantitative estimate of drug-likeness (QED) is 0.811. The van der Waals surface area contributed by atoms with Crippen molar-refractivity contribution >= 4 is 0 Å². The van der Waals surface area contributed by atoms with Crippen molar-refractivity contribution < 1.29 is 5.11 Å². The number of aliphatic hydroxyl groups excluding tert-OH is 1. The Morgan fingerprint density at radius 2 is 2.00 bits per heavy atom. The summed E-state index contributed by atoms with van der Waals surface area (Å²) in [4.78, 5) is 2.31. The van der Waals surface area contributed by atoms with Gasteiger partial charge in [-0.2, -0.15) is 0 Å². The van der Waals surface area contributed by atoms with Crippen molar-refractivity contribution in [2.45, 2.75) is 25.4 Å². The van der Waals surface area contributed by atoms with Crippen molar-refractivity contribution in [2.24, 2.45) is 0 Å².